The summed E-state index contributed by atoms with van der Waals surface area (Å²) in [5, 5.41) is 5.80. The van der Waals surface area contributed by atoms with Crippen molar-refractivity contribution in [3.8, 4) is 11.1 Å². The molecule has 0 aliphatic carbocycles. The highest BCUT2D eigenvalue weighted by atomic mass is 32.1. The molecule has 0 atom stereocenters. The number of nitrogens with zero attached hydrogens (tertiary/aromatic N) is 1. The minimum absolute atomic E-state index is 0.106. The Morgan fingerprint density at radius 2 is 1.93 bits per heavy atom. The molecule has 7 heteroatoms. The first-order valence-corrected chi connectivity index (χ1v) is 10.1. The third-order valence-electron chi connectivity index (χ3n) is 4.48. The first-order valence-electron chi connectivity index (χ1n) is 9.20. The number of hydrogen-bond acceptors (Lipinski definition) is 5. The zero-order valence-corrected chi connectivity index (χ0v) is 16.6. The van der Waals surface area contributed by atoms with Crippen LogP contribution >= 0.6 is 11.3 Å². The topological polar surface area (TPSA) is 84.1 Å². The van der Waals surface area contributed by atoms with Gasteiger partial charge in [0.2, 0.25) is 0 Å². The lowest BCUT2D eigenvalue weighted by atomic mass is 10.1. The Balaban J connectivity index is 1.50. The van der Waals surface area contributed by atoms with Crippen LogP contribution in [-0.2, 0) is 11.3 Å². The van der Waals surface area contributed by atoms with E-state index in [0.29, 0.717) is 23.7 Å². The van der Waals surface area contributed by atoms with E-state index in [-0.39, 0.29) is 11.9 Å². The van der Waals surface area contributed by atoms with Crippen LogP contribution in [0.25, 0.3) is 22.0 Å². The molecule has 0 bridgehead atoms. The Morgan fingerprint density at radius 1 is 1.10 bits per heavy atom. The van der Waals surface area contributed by atoms with Crippen molar-refractivity contribution >= 4 is 34.1 Å². The molecule has 4 rings (SSSR count). The average Bonchev–Trinajstić information content (AvgIpc) is 3.40. The lowest BCUT2D eigenvalue weighted by Gasteiger charge is -2.03. The summed E-state index contributed by atoms with van der Waals surface area (Å²) in [4.78, 5) is 32.0. The van der Waals surface area contributed by atoms with Crippen LogP contribution in [-0.4, -0.2) is 28.5 Å². The minimum Gasteiger partial charge on any atom is -0.461 e. The third-order valence-corrected chi connectivity index (χ3v) is 5.40. The molecule has 3 heterocycles. The normalized spacial score (nSPS) is 10.8. The number of rotatable bonds is 6. The molecule has 0 fully saturated rings. The molecule has 1 aromatic carbocycles. The van der Waals surface area contributed by atoms with E-state index < -0.39 is 0 Å². The van der Waals surface area contributed by atoms with Gasteiger partial charge in [0.05, 0.1) is 11.5 Å². The van der Waals surface area contributed by atoms with Crippen LogP contribution in [0.15, 0.2) is 60.2 Å². The zero-order valence-electron chi connectivity index (χ0n) is 15.8. The number of H-pyrrole nitrogens is 1. The molecule has 3 aromatic heterocycles. The van der Waals surface area contributed by atoms with Crippen LogP contribution in [0.1, 0.15) is 32.6 Å². The standard InChI is InChI=1S/C22H19N3O3S/c1-2-28-22(27)19-10-16-9-15(3-4-18(16)25-19)17-11-20(29-13-17)21(26)24-12-14-5-7-23-8-6-14/h3-11,13,25H,2,12H2,1H3,(H,24,26). The predicted octanol–water partition coefficient (Wildman–Crippen LogP) is 4.40. The zero-order chi connectivity index (χ0) is 20.2. The maximum atomic E-state index is 12.4. The van der Waals surface area contributed by atoms with Gasteiger partial charge < -0.3 is 15.0 Å². The number of fused-ring (bicyclic) bond motifs is 1. The number of hydrogen-bond donors (Lipinski definition) is 2. The van der Waals surface area contributed by atoms with Crippen molar-refractivity contribution in [1.82, 2.24) is 15.3 Å². The van der Waals surface area contributed by atoms with E-state index in [9.17, 15) is 9.59 Å². The smallest absolute Gasteiger partial charge is 0.354 e. The van der Waals surface area contributed by atoms with E-state index in [1.54, 1.807) is 25.4 Å². The van der Waals surface area contributed by atoms with Crippen LogP contribution in [0.3, 0.4) is 0 Å². The summed E-state index contributed by atoms with van der Waals surface area (Å²) in [5.74, 6) is -0.473. The van der Waals surface area contributed by atoms with Gasteiger partial charge in [-0.3, -0.25) is 9.78 Å². The van der Waals surface area contributed by atoms with Gasteiger partial charge in [0.15, 0.2) is 0 Å². The average molecular weight is 405 g/mol. The van der Waals surface area contributed by atoms with Crippen LogP contribution in [0, 0.1) is 0 Å². The first kappa shape index (κ1) is 18.9. The van der Waals surface area contributed by atoms with Crippen molar-refractivity contribution < 1.29 is 14.3 Å². The van der Waals surface area contributed by atoms with Gasteiger partial charge in [0, 0.05) is 29.8 Å². The van der Waals surface area contributed by atoms with Crippen molar-refractivity contribution in [2.45, 2.75) is 13.5 Å². The number of benzene rings is 1. The van der Waals surface area contributed by atoms with Gasteiger partial charge in [-0.15, -0.1) is 11.3 Å². The first-order chi connectivity index (χ1) is 14.1. The Bertz CT molecular complexity index is 1160. The van der Waals surface area contributed by atoms with Crippen molar-refractivity contribution in [1.29, 1.82) is 0 Å². The van der Waals surface area contributed by atoms with Crippen molar-refractivity contribution in [2.75, 3.05) is 6.61 Å². The summed E-state index contributed by atoms with van der Waals surface area (Å²) in [6, 6.07) is 13.3. The quantitative estimate of drug-likeness (QED) is 0.466. The summed E-state index contributed by atoms with van der Waals surface area (Å²) in [6.45, 7) is 2.57. The van der Waals surface area contributed by atoms with Crippen LogP contribution in [0.4, 0.5) is 0 Å². The molecule has 0 saturated carbocycles. The Labute approximate surface area is 171 Å². The van der Waals surface area contributed by atoms with E-state index in [2.05, 4.69) is 15.3 Å². The van der Waals surface area contributed by atoms with E-state index >= 15 is 0 Å². The van der Waals surface area contributed by atoms with Crippen LogP contribution < -0.4 is 5.32 Å². The number of amides is 1. The minimum atomic E-state index is -0.367. The molecular formula is C22H19N3O3S. The van der Waals surface area contributed by atoms with Gasteiger partial charge in [0.1, 0.15) is 5.69 Å². The number of ether oxygens (including phenoxy) is 1. The van der Waals surface area contributed by atoms with Gasteiger partial charge in [-0.1, -0.05) is 6.07 Å². The Hall–Kier alpha value is -3.45. The maximum Gasteiger partial charge on any atom is 0.354 e. The number of aromatic nitrogens is 2. The Kier molecular flexibility index (Phi) is 5.39. The SMILES string of the molecule is CCOC(=O)c1cc2cc(-c3csc(C(=O)NCc4ccncc4)c3)ccc2[nH]1. The number of carbonyl (C=O) groups is 2. The monoisotopic (exact) mass is 405 g/mol. The van der Waals surface area contributed by atoms with Gasteiger partial charge in [-0.2, -0.15) is 0 Å². The number of nitrogens with one attached hydrogen (secondary N) is 2. The molecule has 29 heavy (non-hydrogen) atoms. The van der Waals surface area contributed by atoms with Gasteiger partial charge in [-0.25, -0.2) is 4.79 Å². The van der Waals surface area contributed by atoms with Gasteiger partial charge in [-0.05, 0) is 65.4 Å². The lowest BCUT2D eigenvalue weighted by Crippen LogP contribution is -2.21. The molecular weight excluding hydrogens is 386 g/mol. The molecule has 6 nitrogen and oxygen atoms in total. The number of aromatic amines is 1. The second-order valence-electron chi connectivity index (χ2n) is 6.44. The van der Waals surface area contributed by atoms with Crippen molar-refractivity contribution in [2.24, 2.45) is 0 Å². The second kappa shape index (κ2) is 8.28. The number of carbonyl (C=O) groups excluding carboxylic acids is 2. The largest absolute Gasteiger partial charge is 0.461 e. The molecule has 0 radical (unpaired) electrons. The van der Waals surface area contributed by atoms with Crippen molar-refractivity contribution in [3.63, 3.8) is 0 Å². The third kappa shape index (κ3) is 4.20. The maximum absolute atomic E-state index is 12.4. The van der Waals surface area contributed by atoms with Gasteiger partial charge in [0.25, 0.3) is 5.91 Å². The Morgan fingerprint density at radius 3 is 2.72 bits per heavy atom. The second-order valence-corrected chi connectivity index (χ2v) is 7.35. The molecule has 0 aliphatic heterocycles. The fraction of sp³-hybridized carbons (Fsp3) is 0.136. The molecule has 146 valence electrons. The van der Waals surface area contributed by atoms with E-state index in [4.69, 9.17) is 4.74 Å². The highest BCUT2D eigenvalue weighted by Crippen LogP contribution is 2.29. The molecule has 4 aromatic rings. The fourth-order valence-corrected chi connectivity index (χ4v) is 3.84. The summed E-state index contributed by atoms with van der Waals surface area (Å²) >= 11 is 1.40. The van der Waals surface area contributed by atoms with E-state index in [1.165, 1.54) is 11.3 Å². The van der Waals surface area contributed by atoms with E-state index in [1.807, 2.05) is 41.8 Å². The highest BCUT2D eigenvalue weighted by Gasteiger charge is 2.13. The molecule has 1 amide bonds. The molecule has 0 saturated heterocycles. The molecule has 2 N–H and O–H groups in total. The molecule has 0 spiro atoms. The number of esters is 1. The number of thiophene rings is 1. The lowest BCUT2D eigenvalue weighted by molar-refractivity contribution is 0.0520. The predicted molar refractivity (Wildman–Crippen MR) is 113 cm³/mol. The van der Waals surface area contributed by atoms with Crippen molar-refractivity contribution in [3.05, 3.63) is 76.4 Å². The highest BCUT2D eigenvalue weighted by molar-refractivity contribution is 7.12. The number of pyridine rings is 1. The van der Waals surface area contributed by atoms with Gasteiger partial charge >= 0.3 is 5.97 Å². The summed E-state index contributed by atoms with van der Waals surface area (Å²) < 4.78 is 5.04. The fourth-order valence-electron chi connectivity index (χ4n) is 3.01. The molecule has 0 aliphatic rings. The molecule has 0 unspecified atom stereocenters. The summed E-state index contributed by atoms with van der Waals surface area (Å²) in [5.41, 5.74) is 4.24. The van der Waals surface area contributed by atoms with Crippen LogP contribution in [0.5, 0.6) is 0 Å². The van der Waals surface area contributed by atoms with E-state index in [0.717, 1.165) is 27.6 Å². The summed E-state index contributed by atoms with van der Waals surface area (Å²) in [6.07, 6.45) is 3.41. The van der Waals surface area contributed by atoms with Crippen LogP contribution in [0.2, 0.25) is 0 Å². The summed E-state index contributed by atoms with van der Waals surface area (Å²) in [7, 11) is 0.